The molecule has 1 aromatic heterocycles. The molecule has 6 nitrogen and oxygen atoms in total. The molecule has 1 N–H and O–H groups in total. The fourth-order valence-corrected chi connectivity index (χ4v) is 1.49. The van der Waals surface area contributed by atoms with Crippen LogP contribution in [-0.4, -0.2) is 34.3 Å². The van der Waals surface area contributed by atoms with Crippen LogP contribution in [0, 0.1) is 0 Å². The van der Waals surface area contributed by atoms with E-state index in [0.717, 1.165) is 0 Å². The first-order valence-electron chi connectivity index (χ1n) is 5.54. The fraction of sp³-hybridized carbons (Fsp3) is 0.636. The zero-order chi connectivity index (χ0) is 12.8. The molecule has 0 aliphatic carbocycles. The second kappa shape index (κ2) is 6.36. The highest BCUT2D eigenvalue weighted by Gasteiger charge is 2.23. The van der Waals surface area contributed by atoms with Crippen molar-refractivity contribution >= 4 is 5.97 Å². The molecule has 1 atom stereocenters. The second-order valence-electron chi connectivity index (χ2n) is 3.51. The number of carbonyl (C=O) groups excluding carboxylic acids is 1. The number of aromatic nitrogens is 2. The van der Waals surface area contributed by atoms with Crippen molar-refractivity contribution in [2.75, 3.05) is 13.7 Å². The molecular formula is C11H18N2O4. The van der Waals surface area contributed by atoms with E-state index in [-0.39, 0.29) is 19.0 Å². The Hall–Kier alpha value is -1.40. The van der Waals surface area contributed by atoms with Crippen molar-refractivity contribution in [3.8, 4) is 0 Å². The number of hydrogen-bond donors (Lipinski definition) is 1. The average molecular weight is 242 g/mol. The minimum atomic E-state index is -0.771. The van der Waals surface area contributed by atoms with E-state index in [2.05, 4.69) is 4.98 Å². The summed E-state index contributed by atoms with van der Waals surface area (Å²) in [5.74, 6) is -0.496. The number of ether oxygens (including phenoxy) is 2. The van der Waals surface area contributed by atoms with Crippen molar-refractivity contribution < 1.29 is 19.4 Å². The predicted molar refractivity (Wildman–Crippen MR) is 60.4 cm³/mol. The van der Waals surface area contributed by atoms with E-state index in [1.807, 2.05) is 6.92 Å². The number of rotatable bonds is 6. The molecule has 6 heteroatoms. The maximum Gasteiger partial charge on any atom is 0.357 e. The molecule has 96 valence electrons. The van der Waals surface area contributed by atoms with Crippen LogP contribution in [0.2, 0.25) is 0 Å². The monoisotopic (exact) mass is 242 g/mol. The molecule has 0 radical (unpaired) electrons. The number of nitrogens with zero attached hydrogens (tertiary/aromatic N) is 2. The minimum Gasteiger partial charge on any atom is -0.461 e. The predicted octanol–water partition coefficient (Wildman–Crippen LogP) is 1.11. The van der Waals surface area contributed by atoms with Gasteiger partial charge in [0.25, 0.3) is 0 Å². The van der Waals surface area contributed by atoms with E-state index in [1.165, 1.54) is 18.0 Å². The van der Waals surface area contributed by atoms with Crippen LogP contribution in [0.4, 0.5) is 0 Å². The topological polar surface area (TPSA) is 73.6 Å². The highest BCUT2D eigenvalue weighted by molar-refractivity contribution is 5.89. The molecule has 1 aromatic rings. The lowest BCUT2D eigenvalue weighted by Gasteiger charge is -2.10. The number of hydrogen-bond acceptors (Lipinski definition) is 5. The number of carbonyl (C=O) groups is 1. The lowest BCUT2D eigenvalue weighted by atomic mass is 10.1. The van der Waals surface area contributed by atoms with Gasteiger partial charge in [0.2, 0.25) is 0 Å². The Morgan fingerprint density at radius 1 is 1.59 bits per heavy atom. The maximum atomic E-state index is 11.8. The number of aliphatic hydroxyl groups is 1. The highest BCUT2D eigenvalue weighted by atomic mass is 16.5. The third-order valence-corrected chi connectivity index (χ3v) is 2.31. The molecule has 0 amide bonds. The van der Waals surface area contributed by atoms with Gasteiger partial charge in [0, 0.05) is 7.11 Å². The molecule has 0 fully saturated rings. The summed E-state index contributed by atoms with van der Waals surface area (Å²) in [4.78, 5) is 15.8. The molecule has 0 bridgehead atoms. The van der Waals surface area contributed by atoms with Crippen LogP contribution < -0.4 is 0 Å². The molecule has 1 rings (SSSR count). The van der Waals surface area contributed by atoms with Crippen LogP contribution in [0.3, 0.4) is 0 Å². The van der Waals surface area contributed by atoms with Crippen molar-refractivity contribution in [3.63, 3.8) is 0 Å². The van der Waals surface area contributed by atoms with Crippen molar-refractivity contribution in [1.82, 2.24) is 9.55 Å². The van der Waals surface area contributed by atoms with Crippen molar-refractivity contribution in [2.45, 2.75) is 33.1 Å². The molecule has 1 unspecified atom stereocenters. The Bertz CT molecular complexity index is 376. The Balaban J connectivity index is 3.09. The van der Waals surface area contributed by atoms with Gasteiger partial charge in [-0.15, -0.1) is 0 Å². The van der Waals surface area contributed by atoms with Gasteiger partial charge in [0.15, 0.2) is 5.69 Å². The van der Waals surface area contributed by atoms with Crippen LogP contribution in [0.1, 0.15) is 42.6 Å². The van der Waals surface area contributed by atoms with Gasteiger partial charge < -0.3 is 19.1 Å². The van der Waals surface area contributed by atoms with Gasteiger partial charge in [-0.1, -0.05) is 6.92 Å². The molecule has 0 aliphatic rings. The van der Waals surface area contributed by atoms with Gasteiger partial charge >= 0.3 is 5.97 Å². The lowest BCUT2D eigenvalue weighted by Crippen LogP contribution is -2.16. The second-order valence-corrected chi connectivity index (χ2v) is 3.51. The molecule has 0 saturated heterocycles. The van der Waals surface area contributed by atoms with Gasteiger partial charge in [0.1, 0.15) is 12.4 Å². The third kappa shape index (κ3) is 3.04. The summed E-state index contributed by atoms with van der Waals surface area (Å²) in [6.07, 6.45) is 1.17. The SMILES string of the molecule is CCOC(=O)c1c(C(O)CC)ncn1COC. The maximum absolute atomic E-state index is 11.8. The number of imidazole rings is 1. The smallest absolute Gasteiger partial charge is 0.357 e. The molecule has 0 aromatic carbocycles. The van der Waals surface area contributed by atoms with E-state index in [0.29, 0.717) is 12.1 Å². The zero-order valence-corrected chi connectivity index (χ0v) is 10.3. The van der Waals surface area contributed by atoms with Crippen molar-refractivity contribution in [2.24, 2.45) is 0 Å². The van der Waals surface area contributed by atoms with Crippen LogP contribution in [0.15, 0.2) is 6.33 Å². The summed E-state index contributed by atoms with van der Waals surface area (Å²) >= 11 is 0. The number of aliphatic hydroxyl groups excluding tert-OH is 1. The summed E-state index contributed by atoms with van der Waals surface area (Å²) in [5, 5.41) is 9.78. The van der Waals surface area contributed by atoms with Crippen molar-refractivity contribution in [3.05, 3.63) is 17.7 Å². The largest absolute Gasteiger partial charge is 0.461 e. The van der Waals surface area contributed by atoms with Crippen LogP contribution >= 0.6 is 0 Å². The molecule has 1 heterocycles. The molecule has 0 saturated carbocycles. The first-order chi connectivity index (χ1) is 8.15. The first-order valence-corrected chi connectivity index (χ1v) is 5.54. The normalized spacial score (nSPS) is 12.5. The van der Waals surface area contributed by atoms with E-state index >= 15 is 0 Å². The van der Waals surface area contributed by atoms with Crippen LogP contribution in [-0.2, 0) is 16.2 Å². The summed E-state index contributed by atoms with van der Waals surface area (Å²) < 4.78 is 11.4. The fourth-order valence-electron chi connectivity index (χ4n) is 1.49. The summed E-state index contributed by atoms with van der Waals surface area (Å²) in [6.45, 7) is 4.01. The zero-order valence-electron chi connectivity index (χ0n) is 10.3. The molecule has 0 spiro atoms. The number of esters is 1. The quantitative estimate of drug-likeness (QED) is 0.756. The third-order valence-electron chi connectivity index (χ3n) is 2.31. The Kier molecular flexibility index (Phi) is 5.11. The van der Waals surface area contributed by atoms with Crippen LogP contribution in [0.25, 0.3) is 0 Å². The summed E-state index contributed by atoms with van der Waals surface area (Å²) in [5.41, 5.74) is 0.589. The molecule has 0 aliphatic heterocycles. The summed E-state index contributed by atoms with van der Waals surface area (Å²) in [7, 11) is 1.52. The Morgan fingerprint density at radius 2 is 2.29 bits per heavy atom. The standard InChI is InChI=1S/C11H18N2O4/c1-4-8(14)9-10(11(15)17-5-2)13(6-12-9)7-16-3/h6,8,14H,4-5,7H2,1-3H3. The van der Waals surface area contributed by atoms with E-state index < -0.39 is 12.1 Å². The minimum absolute atomic E-state index is 0.192. The lowest BCUT2D eigenvalue weighted by molar-refractivity contribution is 0.0484. The molecular weight excluding hydrogens is 224 g/mol. The highest BCUT2D eigenvalue weighted by Crippen LogP contribution is 2.20. The summed E-state index contributed by atoms with van der Waals surface area (Å²) in [6, 6.07) is 0. The van der Waals surface area contributed by atoms with E-state index in [9.17, 15) is 9.90 Å². The van der Waals surface area contributed by atoms with Gasteiger partial charge in [-0.25, -0.2) is 9.78 Å². The average Bonchev–Trinajstić information content (AvgIpc) is 2.72. The van der Waals surface area contributed by atoms with E-state index in [1.54, 1.807) is 6.92 Å². The van der Waals surface area contributed by atoms with Gasteiger partial charge in [0.05, 0.1) is 19.0 Å². The van der Waals surface area contributed by atoms with Gasteiger partial charge in [-0.05, 0) is 13.3 Å². The Morgan fingerprint density at radius 3 is 2.82 bits per heavy atom. The van der Waals surface area contributed by atoms with Gasteiger partial charge in [-0.3, -0.25) is 0 Å². The van der Waals surface area contributed by atoms with Gasteiger partial charge in [-0.2, -0.15) is 0 Å². The first kappa shape index (κ1) is 13.7. The molecule has 17 heavy (non-hydrogen) atoms. The van der Waals surface area contributed by atoms with E-state index in [4.69, 9.17) is 9.47 Å². The van der Waals surface area contributed by atoms with Crippen LogP contribution in [0.5, 0.6) is 0 Å². The Labute approximate surface area is 100 Å². The number of methoxy groups -OCH3 is 1. The van der Waals surface area contributed by atoms with Crippen molar-refractivity contribution in [1.29, 1.82) is 0 Å².